The van der Waals surface area contributed by atoms with Crippen molar-refractivity contribution in [2.24, 2.45) is 5.92 Å². The number of hydrazine groups is 1. The summed E-state index contributed by atoms with van der Waals surface area (Å²) in [5, 5.41) is 6.87. The Morgan fingerprint density at radius 2 is 1.62 bits per heavy atom. The minimum absolute atomic E-state index is 0.0515. The number of nitrogens with zero attached hydrogens (tertiary/aromatic N) is 1. The third-order valence-electron chi connectivity index (χ3n) is 6.89. The number of benzene rings is 2. The Morgan fingerprint density at radius 1 is 0.973 bits per heavy atom. The second-order valence-corrected chi connectivity index (χ2v) is 12.0. The Balaban J connectivity index is 1.30. The van der Waals surface area contributed by atoms with Crippen LogP contribution >= 0.6 is 58.0 Å². The van der Waals surface area contributed by atoms with Crippen LogP contribution in [0.25, 0.3) is 0 Å². The fraction of sp³-hybridized carbons (Fsp3) is 0.333. The van der Waals surface area contributed by atoms with Gasteiger partial charge in [-0.05, 0) is 54.8 Å². The molecule has 194 valence electrons. The molecule has 2 aromatic carbocycles. The molecule has 2 saturated carbocycles. The summed E-state index contributed by atoms with van der Waals surface area (Å²) in [6, 6.07) is 8.37. The lowest BCUT2D eigenvalue weighted by molar-refractivity contribution is -0.132. The zero-order valence-corrected chi connectivity index (χ0v) is 22.7. The van der Waals surface area contributed by atoms with Crippen molar-refractivity contribution in [2.45, 2.75) is 41.5 Å². The number of nitrogens with one attached hydrogen (secondary N) is 3. The Kier molecular flexibility index (Phi) is 6.78. The predicted molar refractivity (Wildman–Crippen MR) is 141 cm³/mol. The molecule has 3 fully saturated rings. The molecule has 3 aliphatic rings. The van der Waals surface area contributed by atoms with E-state index in [1.54, 1.807) is 18.2 Å². The van der Waals surface area contributed by atoms with Gasteiger partial charge in [0.2, 0.25) is 5.91 Å². The van der Waals surface area contributed by atoms with Crippen LogP contribution in [0.4, 0.5) is 10.5 Å². The van der Waals surface area contributed by atoms with Crippen molar-refractivity contribution in [1.82, 2.24) is 15.8 Å². The number of imide groups is 1. The van der Waals surface area contributed by atoms with E-state index in [1.165, 1.54) is 18.2 Å². The number of urea groups is 1. The molecule has 2 atom stereocenters. The highest BCUT2D eigenvalue weighted by Crippen LogP contribution is 2.65. The summed E-state index contributed by atoms with van der Waals surface area (Å²) in [7, 11) is 0. The highest BCUT2D eigenvalue weighted by Gasteiger charge is 2.67. The van der Waals surface area contributed by atoms with Crippen LogP contribution < -0.4 is 16.1 Å². The maximum absolute atomic E-state index is 13.0. The maximum atomic E-state index is 13.0. The predicted octanol–water partition coefficient (Wildman–Crippen LogP) is 5.68. The van der Waals surface area contributed by atoms with Crippen LogP contribution in [0.1, 0.15) is 47.5 Å². The summed E-state index contributed by atoms with van der Waals surface area (Å²) in [5.74, 6) is -3.15. The Labute approximate surface area is 236 Å². The van der Waals surface area contributed by atoms with Crippen molar-refractivity contribution in [3.8, 4) is 0 Å². The average Bonchev–Trinajstić information content (AvgIpc) is 3.06. The Hall–Kier alpha value is -2.23. The van der Waals surface area contributed by atoms with Gasteiger partial charge in [-0.3, -0.25) is 19.8 Å². The molecule has 5 rings (SSSR count). The molecule has 0 aromatic heterocycles. The van der Waals surface area contributed by atoms with Gasteiger partial charge in [-0.1, -0.05) is 47.6 Å². The molecule has 1 aliphatic heterocycles. The van der Waals surface area contributed by atoms with Crippen molar-refractivity contribution in [1.29, 1.82) is 0 Å². The van der Waals surface area contributed by atoms with E-state index in [0.29, 0.717) is 33.5 Å². The molecule has 8 nitrogen and oxygen atoms in total. The average molecular weight is 605 g/mol. The number of amides is 5. The fourth-order valence-electron chi connectivity index (χ4n) is 5.02. The van der Waals surface area contributed by atoms with Crippen LogP contribution in [0.15, 0.2) is 36.4 Å². The van der Waals surface area contributed by atoms with Crippen molar-refractivity contribution < 1.29 is 19.2 Å². The highest BCUT2D eigenvalue weighted by atomic mass is 35.5. The van der Waals surface area contributed by atoms with Gasteiger partial charge in [0.1, 0.15) is 9.87 Å². The zero-order valence-electron chi connectivity index (χ0n) is 18.9. The van der Waals surface area contributed by atoms with Crippen LogP contribution in [-0.2, 0) is 9.59 Å². The molecule has 1 saturated heterocycles. The number of alkyl halides is 2. The summed E-state index contributed by atoms with van der Waals surface area (Å²) < 4.78 is -1.38. The molecule has 3 N–H and O–H groups in total. The van der Waals surface area contributed by atoms with E-state index >= 15 is 0 Å². The maximum Gasteiger partial charge on any atom is 0.344 e. The Bertz CT molecular complexity index is 1320. The van der Waals surface area contributed by atoms with E-state index in [2.05, 4.69) is 16.1 Å². The van der Waals surface area contributed by atoms with Crippen LogP contribution in [0, 0.1) is 5.92 Å². The molecule has 37 heavy (non-hydrogen) atoms. The molecule has 1 spiro atoms. The summed E-state index contributed by atoms with van der Waals surface area (Å²) in [6.07, 6.45) is 2.63. The van der Waals surface area contributed by atoms with Gasteiger partial charge in [0.05, 0.1) is 16.5 Å². The molecule has 0 bridgehead atoms. The van der Waals surface area contributed by atoms with Gasteiger partial charge in [-0.2, -0.15) is 5.01 Å². The number of carbonyl (C=O) groups is 4. The first kappa shape index (κ1) is 26.4. The third kappa shape index (κ3) is 4.74. The molecule has 13 heteroatoms. The molecule has 0 radical (unpaired) electrons. The SMILES string of the molecule is O=C(NN1C(=O)NC2(CCCC2)C1=O)c1cc(NC(=O)C2C(c3cc(Cl)cc(Cl)c3)C2(Cl)Cl)ccc1Cl. The standard InChI is InChI=1S/C24H19Cl5N4O4/c25-12-7-11(8-13(26)9-12)17-18(24(17,28)29)20(35)30-14-3-4-16(27)15(10-14)19(34)32-33-21(36)23(31-22(33)37)5-1-2-6-23/h3-4,7-10,17-18H,1-2,5-6H2,(H,30,35)(H,31,37)(H,32,34). The van der Waals surface area contributed by atoms with Crippen molar-refractivity contribution in [3.05, 3.63) is 62.6 Å². The van der Waals surface area contributed by atoms with Crippen molar-refractivity contribution in [3.63, 3.8) is 0 Å². The highest BCUT2D eigenvalue weighted by molar-refractivity contribution is 6.53. The van der Waals surface area contributed by atoms with E-state index in [1.807, 2.05) is 0 Å². The molecule has 2 aliphatic carbocycles. The lowest BCUT2D eigenvalue weighted by Crippen LogP contribution is -2.49. The van der Waals surface area contributed by atoms with Crippen LogP contribution in [0.3, 0.4) is 0 Å². The number of carbonyl (C=O) groups excluding carboxylic acids is 4. The summed E-state index contributed by atoms with van der Waals surface area (Å²) in [6.45, 7) is 0. The topological polar surface area (TPSA) is 108 Å². The third-order valence-corrected chi connectivity index (χ3v) is 8.60. The van der Waals surface area contributed by atoms with Gasteiger partial charge in [-0.25, -0.2) is 4.79 Å². The Morgan fingerprint density at radius 3 is 2.27 bits per heavy atom. The van der Waals surface area contributed by atoms with Crippen LogP contribution in [-0.4, -0.2) is 38.6 Å². The molecular weight excluding hydrogens is 586 g/mol. The molecule has 1 heterocycles. The number of hydrogen-bond donors (Lipinski definition) is 3. The largest absolute Gasteiger partial charge is 0.344 e. The summed E-state index contributed by atoms with van der Waals surface area (Å²) in [5.41, 5.74) is 2.15. The lowest BCUT2D eigenvalue weighted by Gasteiger charge is -2.20. The first-order chi connectivity index (χ1) is 17.4. The lowest BCUT2D eigenvalue weighted by atomic mass is 9.98. The minimum Gasteiger partial charge on any atom is -0.326 e. The molecule has 2 aromatic rings. The zero-order chi connectivity index (χ0) is 26.7. The first-order valence-electron chi connectivity index (χ1n) is 11.3. The van der Waals surface area contributed by atoms with Crippen LogP contribution in [0.5, 0.6) is 0 Å². The van der Waals surface area contributed by atoms with Gasteiger partial charge in [0, 0.05) is 21.7 Å². The fourth-order valence-corrected chi connectivity index (χ4v) is 6.59. The molecular formula is C24H19Cl5N4O4. The van der Waals surface area contributed by atoms with Crippen molar-refractivity contribution >= 4 is 87.4 Å². The van der Waals surface area contributed by atoms with E-state index in [9.17, 15) is 19.2 Å². The van der Waals surface area contributed by atoms with Crippen molar-refractivity contribution in [2.75, 3.05) is 5.32 Å². The quantitative estimate of drug-likeness (QED) is 0.301. The normalized spacial score (nSPS) is 23.2. The van der Waals surface area contributed by atoms with Gasteiger partial charge in [-0.15, -0.1) is 23.2 Å². The minimum atomic E-state index is -1.38. The van der Waals surface area contributed by atoms with E-state index in [4.69, 9.17) is 58.0 Å². The number of rotatable bonds is 5. The monoisotopic (exact) mass is 602 g/mol. The number of anilines is 1. The van der Waals surface area contributed by atoms with E-state index in [-0.39, 0.29) is 16.3 Å². The van der Waals surface area contributed by atoms with Gasteiger partial charge in [0.15, 0.2) is 0 Å². The summed E-state index contributed by atoms with van der Waals surface area (Å²) >= 11 is 31.2. The van der Waals surface area contributed by atoms with Gasteiger partial charge < -0.3 is 10.6 Å². The van der Waals surface area contributed by atoms with E-state index < -0.39 is 45.5 Å². The second kappa shape index (κ2) is 9.50. The van der Waals surface area contributed by atoms with Crippen LogP contribution in [0.2, 0.25) is 15.1 Å². The van der Waals surface area contributed by atoms with Gasteiger partial charge in [0.25, 0.3) is 11.8 Å². The van der Waals surface area contributed by atoms with Gasteiger partial charge >= 0.3 is 6.03 Å². The number of hydrogen-bond acceptors (Lipinski definition) is 4. The molecule has 5 amide bonds. The first-order valence-corrected chi connectivity index (χ1v) is 13.2. The van der Waals surface area contributed by atoms with E-state index in [0.717, 1.165) is 12.8 Å². The second-order valence-electron chi connectivity index (χ2n) is 9.32. The number of halogens is 5. The summed E-state index contributed by atoms with van der Waals surface area (Å²) in [4.78, 5) is 51.2. The molecule has 2 unspecified atom stereocenters. The smallest absolute Gasteiger partial charge is 0.326 e.